The zero-order chi connectivity index (χ0) is 14.1. The van der Waals surface area contributed by atoms with Crippen LogP contribution in [0, 0.1) is 5.82 Å². The third-order valence-corrected chi connectivity index (χ3v) is 3.44. The first kappa shape index (κ1) is 12.8. The molecule has 0 aliphatic carbocycles. The van der Waals surface area contributed by atoms with Gasteiger partial charge in [0.1, 0.15) is 5.82 Å². The minimum absolute atomic E-state index is 0.0435. The van der Waals surface area contributed by atoms with Crippen molar-refractivity contribution in [2.24, 2.45) is 0 Å². The molecule has 0 atom stereocenters. The van der Waals surface area contributed by atoms with E-state index in [0.29, 0.717) is 11.4 Å². The lowest BCUT2D eigenvalue weighted by molar-refractivity contribution is 0.629. The molecule has 0 saturated heterocycles. The lowest BCUT2D eigenvalue weighted by atomic mass is 10.1. The number of nitrogen functional groups attached to an aromatic ring is 1. The second kappa shape index (κ2) is 5.02. The standard InChI is InChI=1S/C16H12ClFN2/c17-12-8-16(14(19)9-13(12)18)20-15-7-3-5-10-4-1-2-6-11(10)15/h1-9,20H,19H2. The van der Waals surface area contributed by atoms with E-state index in [1.54, 1.807) is 0 Å². The van der Waals surface area contributed by atoms with Crippen LogP contribution in [0.1, 0.15) is 0 Å². The predicted molar refractivity (Wildman–Crippen MR) is 83.1 cm³/mol. The Bertz CT molecular complexity index is 781. The van der Waals surface area contributed by atoms with Gasteiger partial charge in [-0.2, -0.15) is 0 Å². The summed E-state index contributed by atoms with van der Waals surface area (Å²) in [6.45, 7) is 0. The zero-order valence-corrected chi connectivity index (χ0v) is 11.3. The maximum absolute atomic E-state index is 13.3. The van der Waals surface area contributed by atoms with Crippen molar-refractivity contribution in [3.05, 3.63) is 65.4 Å². The van der Waals surface area contributed by atoms with Crippen LogP contribution in [0.3, 0.4) is 0 Å². The number of hydrogen-bond donors (Lipinski definition) is 2. The first-order chi connectivity index (χ1) is 9.65. The normalized spacial score (nSPS) is 10.7. The first-order valence-electron chi connectivity index (χ1n) is 6.14. The Balaban J connectivity index is 2.08. The van der Waals surface area contributed by atoms with Crippen molar-refractivity contribution in [1.29, 1.82) is 0 Å². The van der Waals surface area contributed by atoms with Gasteiger partial charge in [-0.05, 0) is 17.5 Å². The zero-order valence-electron chi connectivity index (χ0n) is 10.5. The predicted octanol–water partition coefficient (Wildman–Crippen LogP) is 4.96. The average molecular weight is 287 g/mol. The van der Waals surface area contributed by atoms with Gasteiger partial charge in [0.2, 0.25) is 0 Å². The highest BCUT2D eigenvalue weighted by Gasteiger charge is 2.08. The van der Waals surface area contributed by atoms with E-state index in [1.165, 1.54) is 12.1 Å². The molecule has 0 unspecified atom stereocenters. The van der Waals surface area contributed by atoms with Crippen molar-refractivity contribution in [2.45, 2.75) is 0 Å². The van der Waals surface area contributed by atoms with E-state index in [9.17, 15) is 4.39 Å². The molecule has 3 N–H and O–H groups in total. The number of nitrogens with one attached hydrogen (secondary N) is 1. The molecule has 3 aromatic rings. The lowest BCUT2D eigenvalue weighted by Gasteiger charge is -2.12. The van der Waals surface area contributed by atoms with Crippen LogP contribution in [0.15, 0.2) is 54.6 Å². The second-order valence-electron chi connectivity index (χ2n) is 4.51. The van der Waals surface area contributed by atoms with Gasteiger partial charge in [0.05, 0.1) is 16.4 Å². The number of benzene rings is 3. The molecule has 0 aliphatic rings. The largest absolute Gasteiger partial charge is 0.397 e. The molecule has 3 aromatic carbocycles. The number of anilines is 3. The molecule has 0 saturated carbocycles. The molecule has 3 rings (SSSR count). The van der Waals surface area contributed by atoms with Gasteiger partial charge in [0.25, 0.3) is 0 Å². The van der Waals surface area contributed by atoms with Crippen LogP contribution in [-0.2, 0) is 0 Å². The third-order valence-electron chi connectivity index (χ3n) is 3.15. The summed E-state index contributed by atoms with van der Waals surface area (Å²) in [6, 6.07) is 16.6. The van der Waals surface area contributed by atoms with Crippen LogP contribution in [0.4, 0.5) is 21.5 Å². The SMILES string of the molecule is Nc1cc(F)c(Cl)cc1Nc1cccc2ccccc12. The molecule has 0 radical (unpaired) electrons. The number of halogens is 2. The van der Waals surface area contributed by atoms with Crippen molar-refractivity contribution in [3.8, 4) is 0 Å². The minimum atomic E-state index is -0.521. The van der Waals surface area contributed by atoms with E-state index in [-0.39, 0.29) is 5.02 Å². The molecular weight excluding hydrogens is 275 g/mol. The fourth-order valence-corrected chi connectivity index (χ4v) is 2.31. The van der Waals surface area contributed by atoms with Crippen molar-refractivity contribution < 1.29 is 4.39 Å². The van der Waals surface area contributed by atoms with Gasteiger partial charge in [0, 0.05) is 17.1 Å². The Hall–Kier alpha value is -2.26. The Morgan fingerprint density at radius 3 is 2.55 bits per heavy atom. The summed E-state index contributed by atoms with van der Waals surface area (Å²) in [6.07, 6.45) is 0. The maximum atomic E-state index is 13.3. The van der Waals surface area contributed by atoms with Gasteiger partial charge in [-0.15, -0.1) is 0 Å². The number of nitrogens with two attached hydrogens (primary N) is 1. The van der Waals surface area contributed by atoms with Crippen molar-refractivity contribution >= 4 is 39.4 Å². The highest BCUT2D eigenvalue weighted by atomic mass is 35.5. The Kier molecular flexibility index (Phi) is 3.20. The number of fused-ring (bicyclic) bond motifs is 1. The highest BCUT2D eigenvalue weighted by molar-refractivity contribution is 6.31. The summed E-state index contributed by atoms with van der Waals surface area (Å²) < 4.78 is 13.3. The highest BCUT2D eigenvalue weighted by Crippen LogP contribution is 2.31. The molecule has 0 amide bonds. The third kappa shape index (κ3) is 2.28. The molecule has 2 nitrogen and oxygen atoms in total. The molecule has 100 valence electrons. The van der Waals surface area contributed by atoms with Gasteiger partial charge >= 0.3 is 0 Å². The van der Waals surface area contributed by atoms with Crippen molar-refractivity contribution in [2.75, 3.05) is 11.1 Å². The summed E-state index contributed by atoms with van der Waals surface area (Å²) >= 11 is 5.80. The summed E-state index contributed by atoms with van der Waals surface area (Å²) in [5, 5.41) is 5.43. The van der Waals surface area contributed by atoms with Gasteiger partial charge in [0.15, 0.2) is 0 Å². The Morgan fingerprint density at radius 2 is 1.70 bits per heavy atom. The molecule has 0 aliphatic heterocycles. The Morgan fingerprint density at radius 1 is 0.950 bits per heavy atom. The number of hydrogen-bond acceptors (Lipinski definition) is 2. The van der Waals surface area contributed by atoms with Gasteiger partial charge in [-0.25, -0.2) is 4.39 Å². The topological polar surface area (TPSA) is 38.0 Å². The van der Waals surface area contributed by atoms with E-state index in [1.807, 2.05) is 42.5 Å². The molecule has 4 heteroatoms. The van der Waals surface area contributed by atoms with Crippen molar-refractivity contribution in [3.63, 3.8) is 0 Å². The molecule has 20 heavy (non-hydrogen) atoms. The van der Waals surface area contributed by atoms with Gasteiger partial charge in [-0.3, -0.25) is 0 Å². The van der Waals surface area contributed by atoms with Crippen LogP contribution >= 0.6 is 11.6 Å². The smallest absolute Gasteiger partial charge is 0.143 e. The van der Waals surface area contributed by atoms with Crippen LogP contribution in [0.25, 0.3) is 10.8 Å². The number of rotatable bonds is 2. The summed E-state index contributed by atoms with van der Waals surface area (Å²) in [5.74, 6) is -0.521. The van der Waals surface area contributed by atoms with Gasteiger partial charge in [-0.1, -0.05) is 48.0 Å². The quantitative estimate of drug-likeness (QED) is 0.654. The van der Waals surface area contributed by atoms with Crippen LogP contribution in [-0.4, -0.2) is 0 Å². The molecule has 0 spiro atoms. The maximum Gasteiger partial charge on any atom is 0.143 e. The van der Waals surface area contributed by atoms with E-state index in [2.05, 4.69) is 5.32 Å². The van der Waals surface area contributed by atoms with Crippen LogP contribution in [0.2, 0.25) is 5.02 Å². The molecule has 0 aromatic heterocycles. The van der Waals surface area contributed by atoms with E-state index >= 15 is 0 Å². The molecule has 0 heterocycles. The first-order valence-corrected chi connectivity index (χ1v) is 6.52. The lowest BCUT2D eigenvalue weighted by Crippen LogP contribution is -1.98. The summed E-state index contributed by atoms with van der Waals surface area (Å²) in [5.41, 5.74) is 7.63. The minimum Gasteiger partial charge on any atom is -0.397 e. The molecule has 0 bridgehead atoms. The second-order valence-corrected chi connectivity index (χ2v) is 4.91. The fourth-order valence-electron chi connectivity index (χ4n) is 2.15. The molecule has 0 fully saturated rings. The molecular formula is C16H12ClFN2. The monoisotopic (exact) mass is 286 g/mol. The van der Waals surface area contributed by atoms with Crippen LogP contribution in [0.5, 0.6) is 0 Å². The van der Waals surface area contributed by atoms with Gasteiger partial charge < -0.3 is 11.1 Å². The summed E-state index contributed by atoms with van der Waals surface area (Å²) in [4.78, 5) is 0. The summed E-state index contributed by atoms with van der Waals surface area (Å²) in [7, 11) is 0. The van der Waals surface area contributed by atoms with E-state index < -0.39 is 5.82 Å². The fraction of sp³-hybridized carbons (Fsp3) is 0. The Labute approximate surface area is 121 Å². The average Bonchev–Trinajstić information content (AvgIpc) is 2.45. The van der Waals surface area contributed by atoms with E-state index in [0.717, 1.165) is 16.5 Å². The van der Waals surface area contributed by atoms with Crippen molar-refractivity contribution in [1.82, 2.24) is 0 Å². The van der Waals surface area contributed by atoms with Crippen LogP contribution < -0.4 is 11.1 Å². The van der Waals surface area contributed by atoms with E-state index in [4.69, 9.17) is 17.3 Å².